The third-order valence-electron chi connectivity index (χ3n) is 4.36. The van der Waals surface area contributed by atoms with Crippen molar-refractivity contribution in [2.24, 2.45) is 0 Å². The van der Waals surface area contributed by atoms with Crippen LogP contribution in [0.4, 0.5) is 10.5 Å². The number of nitrogens with one attached hydrogen (secondary N) is 1. The molecule has 11 heteroatoms. The molecule has 1 N–H and O–H groups in total. The molecule has 33 heavy (non-hydrogen) atoms. The minimum Gasteiger partial charge on any atom is -0.480 e. The summed E-state index contributed by atoms with van der Waals surface area (Å²) in [5.41, 5.74) is 2.26. The highest BCUT2D eigenvalue weighted by atomic mass is 127. The highest BCUT2D eigenvalue weighted by Gasteiger charge is 2.36. The predicted octanol–water partition coefficient (Wildman–Crippen LogP) is 4.43. The van der Waals surface area contributed by atoms with Crippen LogP contribution in [0.1, 0.15) is 11.1 Å². The van der Waals surface area contributed by atoms with Crippen LogP contribution in [0.5, 0.6) is 5.75 Å². The van der Waals surface area contributed by atoms with Gasteiger partial charge < -0.3 is 14.8 Å². The fourth-order valence-corrected chi connectivity index (χ4v) is 5.81. The van der Waals surface area contributed by atoms with E-state index in [1.807, 2.05) is 19.1 Å². The highest BCUT2D eigenvalue weighted by Crippen LogP contribution is 2.34. The molecule has 0 atom stereocenters. The molecule has 2 aromatic rings. The number of methoxy groups -OCH3 is 1. The van der Waals surface area contributed by atoms with Crippen molar-refractivity contribution in [3.8, 4) is 5.75 Å². The summed E-state index contributed by atoms with van der Waals surface area (Å²) < 4.78 is 11.5. The van der Waals surface area contributed by atoms with Crippen molar-refractivity contribution in [3.63, 3.8) is 0 Å². The molecule has 0 radical (unpaired) electrons. The Labute approximate surface area is 221 Å². The van der Waals surface area contributed by atoms with Gasteiger partial charge in [0.2, 0.25) is 5.91 Å². The SMILES string of the molecule is COC(=O)COc1c(I)cc(/C=C2\SC(=O)N(CC(=O)Nc3cccc(C)c3)C2=O)cc1I. The molecule has 1 fully saturated rings. The van der Waals surface area contributed by atoms with Gasteiger partial charge >= 0.3 is 5.97 Å². The summed E-state index contributed by atoms with van der Waals surface area (Å²) >= 11 is 4.91. The lowest BCUT2D eigenvalue weighted by molar-refractivity contribution is -0.143. The third-order valence-corrected chi connectivity index (χ3v) is 6.87. The fourth-order valence-electron chi connectivity index (χ4n) is 2.85. The van der Waals surface area contributed by atoms with Crippen molar-refractivity contribution < 1.29 is 28.7 Å². The quantitative estimate of drug-likeness (QED) is 0.261. The number of imide groups is 1. The van der Waals surface area contributed by atoms with E-state index in [1.54, 1.807) is 30.3 Å². The van der Waals surface area contributed by atoms with Gasteiger partial charge in [-0.2, -0.15) is 0 Å². The predicted molar refractivity (Wildman–Crippen MR) is 142 cm³/mol. The number of esters is 1. The molecule has 0 aromatic heterocycles. The second-order valence-electron chi connectivity index (χ2n) is 6.86. The Balaban J connectivity index is 1.71. The monoisotopic (exact) mass is 692 g/mol. The molecule has 1 heterocycles. The minimum absolute atomic E-state index is 0.217. The standard InChI is InChI=1S/C22H18I2N2O6S/c1-12-4-3-5-14(6-12)25-18(27)10-26-21(29)17(33-22(26)30)9-13-7-15(23)20(16(24)8-13)32-11-19(28)31-2/h3-9H,10-11H2,1-2H3,(H,25,27)/b17-9-. The smallest absolute Gasteiger partial charge is 0.343 e. The number of rotatable bonds is 7. The number of anilines is 1. The lowest BCUT2D eigenvalue weighted by Gasteiger charge is -2.13. The first-order chi connectivity index (χ1) is 15.7. The van der Waals surface area contributed by atoms with Gasteiger partial charge in [-0.25, -0.2) is 4.79 Å². The van der Waals surface area contributed by atoms with Crippen molar-refractivity contribution in [2.45, 2.75) is 6.92 Å². The van der Waals surface area contributed by atoms with E-state index in [-0.39, 0.29) is 18.1 Å². The van der Waals surface area contributed by atoms with E-state index in [9.17, 15) is 19.2 Å². The summed E-state index contributed by atoms with van der Waals surface area (Å²) in [5.74, 6) is -0.953. The van der Waals surface area contributed by atoms with Gasteiger partial charge in [0.05, 0.1) is 19.2 Å². The van der Waals surface area contributed by atoms with Crippen molar-refractivity contribution in [1.82, 2.24) is 4.90 Å². The maximum atomic E-state index is 12.8. The van der Waals surface area contributed by atoms with Crippen molar-refractivity contribution in [1.29, 1.82) is 0 Å². The minimum atomic E-state index is -0.527. The van der Waals surface area contributed by atoms with E-state index in [0.29, 0.717) is 17.0 Å². The Morgan fingerprint density at radius 3 is 2.48 bits per heavy atom. The molecule has 0 spiro atoms. The number of aryl methyl sites for hydroxylation is 1. The molecule has 3 rings (SSSR count). The summed E-state index contributed by atoms with van der Waals surface area (Å²) in [6.07, 6.45) is 1.60. The van der Waals surface area contributed by atoms with Crippen LogP contribution in [0.3, 0.4) is 0 Å². The first kappa shape index (κ1) is 25.5. The molecule has 172 valence electrons. The van der Waals surface area contributed by atoms with Gasteiger partial charge in [-0.05, 0) is 105 Å². The number of carbonyl (C=O) groups excluding carboxylic acids is 4. The molecular weight excluding hydrogens is 674 g/mol. The summed E-state index contributed by atoms with van der Waals surface area (Å²) in [5, 5.41) is 2.19. The van der Waals surface area contributed by atoms with E-state index in [1.165, 1.54) is 7.11 Å². The van der Waals surface area contributed by atoms with Crippen LogP contribution >= 0.6 is 56.9 Å². The Bertz CT molecular complexity index is 1140. The Morgan fingerprint density at radius 1 is 1.15 bits per heavy atom. The normalized spacial score (nSPS) is 14.5. The molecule has 0 saturated carbocycles. The number of carbonyl (C=O) groups is 4. The van der Waals surface area contributed by atoms with E-state index in [4.69, 9.17) is 4.74 Å². The van der Waals surface area contributed by atoms with Gasteiger partial charge in [-0.15, -0.1) is 0 Å². The van der Waals surface area contributed by atoms with E-state index >= 15 is 0 Å². The average Bonchev–Trinajstić information content (AvgIpc) is 3.00. The lowest BCUT2D eigenvalue weighted by atomic mass is 10.2. The lowest BCUT2D eigenvalue weighted by Crippen LogP contribution is -2.36. The number of nitrogens with zero attached hydrogens (tertiary/aromatic N) is 1. The fraction of sp³-hybridized carbons (Fsp3) is 0.182. The molecule has 0 bridgehead atoms. The van der Waals surface area contributed by atoms with Crippen molar-refractivity contribution in [2.75, 3.05) is 25.6 Å². The summed E-state index contributed by atoms with van der Waals surface area (Å²) in [6.45, 7) is 1.31. The maximum Gasteiger partial charge on any atom is 0.343 e. The number of halogens is 2. The second-order valence-corrected chi connectivity index (χ2v) is 10.2. The highest BCUT2D eigenvalue weighted by molar-refractivity contribution is 14.1. The molecule has 1 saturated heterocycles. The number of hydrogen-bond donors (Lipinski definition) is 1. The number of hydrogen-bond acceptors (Lipinski definition) is 7. The topological polar surface area (TPSA) is 102 Å². The molecule has 0 aliphatic carbocycles. The maximum absolute atomic E-state index is 12.8. The molecular formula is C22H18I2N2O6S. The zero-order valence-corrected chi connectivity index (χ0v) is 22.6. The summed E-state index contributed by atoms with van der Waals surface area (Å²) in [4.78, 5) is 50.0. The zero-order valence-electron chi connectivity index (χ0n) is 17.5. The number of benzene rings is 2. The van der Waals surface area contributed by atoms with Crippen molar-refractivity contribution in [3.05, 3.63) is 59.6 Å². The average molecular weight is 692 g/mol. The van der Waals surface area contributed by atoms with Gasteiger partial charge in [0.25, 0.3) is 11.1 Å². The molecule has 1 aliphatic rings. The Kier molecular flexibility index (Phi) is 8.75. The number of amides is 3. The van der Waals surface area contributed by atoms with Gasteiger partial charge in [-0.1, -0.05) is 12.1 Å². The van der Waals surface area contributed by atoms with Crippen LogP contribution in [0.25, 0.3) is 6.08 Å². The molecule has 2 aromatic carbocycles. The molecule has 3 amide bonds. The van der Waals surface area contributed by atoms with Crippen LogP contribution in [-0.4, -0.2) is 48.2 Å². The van der Waals surface area contributed by atoms with E-state index in [2.05, 4.69) is 55.2 Å². The number of thioether (sulfide) groups is 1. The molecule has 0 unspecified atom stereocenters. The van der Waals surface area contributed by atoms with Crippen LogP contribution in [0, 0.1) is 14.1 Å². The van der Waals surface area contributed by atoms with Crippen LogP contribution in [0.15, 0.2) is 41.3 Å². The van der Waals surface area contributed by atoms with Crippen LogP contribution in [-0.2, 0) is 19.1 Å². The largest absolute Gasteiger partial charge is 0.480 e. The summed E-state index contributed by atoms with van der Waals surface area (Å²) in [7, 11) is 1.28. The second kappa shape index (κ2) is 11.3. The van der Waals surface area contributed by atoms with E-state index in [0.717, 1.165) is 29.4 Å². The first-order valence-corrected chi connectivity index (χ1v) is 12.5. The Hall–Kier alpha value is -2.13. The first-order valence-electron chi connectivity index (χ1n) is 9.48. The zero-order chi connectivity index (χ0) is 24.1. The third kappa shape index (κ3) is 6.69. The van der Waals surface area contributed by atoms with Gasteiger partial charge in [0.15, 0.2) is 6.61 Å². The van der Waals surface area contributed by atoms with Gasteiger partial charge in [0, 0.05) is 5.69 Å². The Morgan fingerprint density at radius 2 is 1.85 bits per heavy atom. The molecule has 1 aliphatic heterocycles. The van der Waals surface area contributed by atoms with Gasteiger partial charge in [0.1, 0.15) is 12.3 Å². The van der Waals surface area contributed by atoms with E-state index < -0.39 is 23.0 Å². The van der Waals surface area contributed by atoms with Crippen LogP contribution in [0.2, 0.25) is 0 Å². The van der Waals surface area contributed by atoms with Crippen molar-refractivity contribution >= 4 is 91.7 Å². The molecule has 8 nitrogen and oxygen atoms in total. The summed E-state index contributed by atoms with van der Waals surface area (Å²) in [6, 6.07) is 10.8. The number of ether oxygens (including phenoxy) is 2. The van der Waals surface area contributed by atoms with Gasteiger partial charge in [-0.3, -0.25) is 19.3 Å². The van der Waals surface area contributed by atoms with Crippen LogP contribution < -0.4 is 10.1 Å².